The smallest absolute Gasteiger partial charge is 0.240 e. The topological polar surface area (TPSA) is 78.3 Å². The highest BCUT2D eigenvalue weighted by molar-refractivity contribution is 5.85. The van der Waals surface area contributed by atoms with Gasteiger partial charge in [-0.15, -0.1) is 0 Å². The van der Waals surface area contributed by atoms with E-state index in [2.05, 4.69) is 0 Å². The van der Waals surface area contributed by atoms with Crippen LogP contribution in [0.25, 0.3) is 0 Å². The summed E-state index contributed by atoms with van der Waals surface area (Å²) in [6.07, 6.45) is 2.06. The molecule has 1 unspecified atom stereocenters. The third-order valence-corrected chi connectivity index (χ3v) is 2.42. The number of nitrogens with two attached hydrogens (primary N) is 2. The van der Waals surface area contributed by atoms with E-state index in [4.69, 9.17) is 16.2 Å². The maximum Gasteiger partial charge on any atom is 0.240 e. The fraction of sp³-hybridized carbons (Fsp3) is 0.889. The van der Waals surface area contributed by atoms with E-state index in [0.29, 0.717) is 0 Å². The molecule has 4 heteroatoms. The number of amides is 1. The number of carbonyl (C=O) groups excluding carboxylic acids is 1. The second kappa shape index (κ2) is 3.64. The molecule has 13 heavy (non-hydrogen) atoms. The van der Waals surface area contributed by atoms with E-state index in [0.717, 1.165) is 12.8 Å². The highest BCUT2D eigenvalue weighted by Gasteiger charge is 2.47. The van der Waals surface area contributed by atoms with Crippen molar-refractivity contribution < 1.29 is 9.53 Å². The summed E-state index contributed by atoms with van der Waals surface area (Å²) in [5.41, 5.74) is 10.2. The summed E-state index contributed by atoms with van der Waals surface area (Å²) >= 11 is 0. The van der Waals surface area contributed by atoms with Gasteiger partial charge in [-0.2, -0.15) is 0 Å². The zero-order valence-electron chi connectivity index (χ0n) is 8.25. The van der Waals surface area contributed by atoms with Crippen molar-refractivity contribution in [3.8, 4) is 0 Å². The lowest BCUT2D eigenvalue weighted by atomic mass is 9.95. The molecule has 1 atom stereocenters. The lowest BCUT2D eigenvalue weighted by molar-refractivity contribution is -0.127. The van der Waals surface area contributed by atoms with E-state index in [1.807, 2.05) is 13.8 Å². The number of primary amides is 1. The first-order valence-electron chi connectivity index (χ1n) is 4.67. The second-order valence-electron chi connectivity index (χ2n) is 4.04. The van der Waals surface area contributed by atoms with Crippen molar-refractivity contribution in [3.05, 3.63) is 0 Å². The summed E-state index contributed by atoms with van der Waals surface area (Å²) < 4.78 is 5.34. The first kappa shape index (κ1) is 10.5. The van der Waals surface area contributed by atoms with Gasteiger partial charge in [0.25, 0.3) is 0 Å². The molecule has 1 saturated carbocycles. The zero-order valence-corrected chi connectivity index (χ0v) is 8.25. The first-order chi connectivity index (χ1) is 5.97. The Labute approximate surface area is 78.6 Å². The van der Waals surface area contributed by atoms with Gasteiger partial charge in [0.1, 0.15) is 5.54 Å². The fourth-order valence-corrected chi connectivity index (χ4v) is 1.29. The second-order valence-corrected chi connectivity index (χ2v) is 4.04. The third kappa shape index (κ3) is 2.42. The molecule has 0 aromatic carbocycles. The van der Waals surface area contributed by atoms with E-state index in [-0.39, 0.29) is 18.6 Å². The van der Waals surface area contributed by atoms with Gasteiger partial charge in [0.15, 0.2) is 0 Å². The molecular weight excluding hydrogens is 168 g/mol. The van der Waals surface area contributed by atoms with Crippen molar-refractivity contribution in [1.82, 2.24) is 0 Å². The van der Waals surface area contributed by atoms with Crippen LogP contribution in [0.4, 0.5) is 0 Å². The maximum atomic E-state index is 11.1. The molecule has 1 aliphatic carbocycles. The van der Waals surface area contributed by atoms with Gasteiger partial charge in [-0.05, 0) is 32.6 Å². The number of ether oxygens (including phenoxy) is 1. The predicted molar refractivity (Wildman–Crippen MR) is 49.9 cm³/mol. The van der Waals surface area contributed by atoms with Crippen molar-refractivity contribution >= 4 is 5.91 Å². The molecular formula is C9H18N2O2. The normalized spacial score (nSPS) is 21.5. The molecule has 0 spiro atoms. The molecule has 0 aromatic rings. The van der Waals surface area contributed by atoms with Gasteiger partial charge in [0.2, 0.25) is 5.91 Å². The molecule has 1 aliphatic rings. The molecule has 0 radical (unpaired) electrons. The summed E-state index contributed by atoms with van der Waals surface area (Å²) in [5.74, 6) is -0.223. The molecule has 4 N–H and O–H groups in total. The highest BCUT2D eigenvalue weighted by Crippen LogP contribution is 2.38. The molecule has 76 valence electrons. The van der Waals surface area contributed by atoms with Gasteiger partial charge in [0.05, 0.1) is 12.7 Å². The summed E-state index contributed by atoms with van der Waals surface area (Å²) in [4.78, 5) is 11.1. The van der Waals surface area contributed by atoms with E-state index in [9.17, 15) is 4.79 Å². The minimum Gasteiger partial charge on any atom is -0.376 e. The number of rotatable bonds is 5. The average Bonchev–Trinajstić information content (AvgIpc) is 2.81. The lowest BCUT2D eigenvalue weighted by Crippen LogP contribution is -2.57. The van der Waals surface area contributed by atoms with Crippen molar-refractivity contribution in [2.75, 3.05) is 6.61 Å². The van der Waals surface area contributed by atoms with E-state index >= 15 is 0 Å². The predicted octanol–water partition coefficient (Wildman–Crippen LogP) is 0.00420. The van der Waals surface area contributed by atoms with Gasteiger partial charge in [-0.3, -0.25) is 4.79 Å². The van der Waals surface area contributed by atoms with Crippen LogP contribution in [-0.2, 0) is 9.53 Å². The Bertz CT molecular complexity index is 202. The molecule has 0 saturated heterocycles. The van der Waals surface area contributed by atoms with Crippen LogP contribution in [-0.4, -0.2) is 24.2 Å². The highest BCUT2D eigenvalue weighted by atomic mass is 16.5. The van der Waals surface area contributed by atoms with Gasteiger partial charge in [0, 0.05) is 0 Å². The molecule has 4 nitrogen and oxygen atoms in total. The standard InChI is InChI=1S/C9H18N2O2/c1-6(2)13-5-9(11,8(10)12)7-3-4-7/h6-7H,3-5,11H2,1-2H3,(H2,10,12). The summed E-state index contributed by atoms with van der Waals surface area (Å²) in [6, 6.07) is 0. The molecule has 1 rings (SSSR count). The minimum absolute atomic E-state index is 0.0843. The molecule has 0 aliphatic heterocycles. The largest absolute Gasteiger partial charge is 0.376 e. The minimum atomic E-state index is -0.940. The van der Waals surface area contributed by atoms with Gasteiger partial charge >= 0.3 is 0 Å². The summed E-state index contributed by atoms with van der Waals surface area (Å²) in [6.45, 7) is 4.06. The van der Waals surface area contributed by atoms with Crippen LogP contribution < -0.4 is 11.5 Å². The maximum absolute atomic E-state index is 11.1. The van der Waals surface area contributed by atoms with Gasteiger partial charge < -0.3 is 16.2 Å². The van der Waals surface area contributed by atoms with Crippen LogP contribution in [0.2, 0.25) is 0 Å². The average molecular weight is 186 g/mol. The Morgan fingerprint density at radius 3 is 2.46 bits per heavy atom. The molecule has 0 bridgehead atoms. The van der Waals surface area contributed by atoms with Crippen LogP contribution in [0.15, 0.2) is 0 Å². The van der Waals surface area contributed by atoms with Crippen LogP contribution in [0.5, 0.6) is 0 Å². The molecule has 1 amide bonds. The van der Waals surface area contributed by atoms with Crippen LogP contribution >= 0.6 is 0 Å². The number of hydrogen-bond donors (Lipinski definition) is 2. The van der Waals surface area contributed by atoms with Crippen molar-refractivity contribution in [3.63, 3.8) is 0 Å². The van der Waals surface area contributed by atoms with E-state index < -0.39 is 11.4 Å². The Balaban J connectivity index is 2.51. The van der Waals surface area contributed by atoms with Crippen LogP contribution in [0.3, 0.4) is 0 Å². The Morgan fingerprint density at radius 2 is 2.15 bits per heavy atom. The Morgan fingerprint density at radius 1 is 1.62 bits per heavy atom. The van der Waals surface area contributed by atoms with Crippen molar-refractivity contribution in [1.29, 1.82) is 0 Å². The van der Waals surface area contributed by atoms with Gasteiger partial charge in [-0.1, -0.05) is 0 Å². The van der Waals surface area contributed by atoms with Crippen LogP contribution in [0, 0.1) is 5.92 Å². The van der Waals surface area contributed by atoms with E-state index in [1.54, 1.807) is 0 Å². The van der Waals surface area contributed by atoms with Crippen molar-refractivity contribution in [2.24, 2.45) is 17.4 Å². The molecule has 1 fully saturated rings. The number of carbonyl (C=O) groups is 1. The van der Waals surface area contributed by atoms with E-state index in [1.165, 1.54) is 0 Å². The quantitative estimate of drug-likeness (QED) is 0.634. The lowest BCUT2D eigenvalue weighted by Gasteiger charge is -2.26. The summed E-state index contributed by atoms with van der Waals surface area (Å²) in [5, 5.41) is 0. The Kier molecular flexibility index (Phi) is 2.93. The third-order valence-electron chi connectivity index (χ3n) is 2.42. The van der Waals surface area contributed by atoms with Crippen LogP contribution in [0.1, 0.15) is 26.7 Å². The number of hydrogen-bond acceptors (Lipinski definition) is 3. The monoisotopic (exact) mass is 186 g/mol. The Hall–Kier alpha value is -0.610. The zero-order chi connectivity index (χ0) is 10.1. The van der Waals surface area contributed by atoms with Crippen molar-refractivity contribution in [2.45, 2.75) is 38.3 Å². The molecule has 0 aromatic heterocycles. The SMILES string of the molecule is CC(C)OCC(N)(C(N)=O)C1CC1. The first-order valence-corrected chi connectivity index (χ1v) is 4.67. The fourth-order valence-electron chi connectivity index (χ4n) is 1.29. The molecule has 0 heterocycles. The summed E-state index contributed by atoms with van der Waals surface area (Å²) in [7, 11) is 0. The van der Waals surface area contributed by atoms with Gasteiger partial charge in [-0.25, -0.2) is 0 Å².